The number of anilines is 1. The number of nitro groups is 1. The van der Waals surface area contributed by atoms with Crippen LogP contribution < -0.4 is 5.32 Å². The van der Waals surface area contributed by atoms with Gasteiger partial charge in [0, 0.05) is 11.6 Å². The molecule has 2 N–H and O–H groups in total. The van der Waals surface area contributed by atoms with Crippen molar-refractivity contribution in [2.75, 3.05) is 5.32 Å². The number of hydrogen-bond donors (Lipinski definition) is 2. The van der Waals surface area contributed by atoms with Gasteiger partial charge in [0.1, 0.15) is 10.3 Å². The van der Waals surface area contributed by atoms with Gasteiger partial charge in [-0.1, -0.05) is 6.07 Å². The second-order valence-electron chi connectivity index (χ2n) is 3.78. The van der Waals surface area contributed by atoms with E-state index in [0.29, 0.717) is 5.82 Å². The van der Waals surface area contributed by atoms with Gasteiger partial charge < -0.3 is 5.32 Å². The molecule has 0 saturated carbocycles. The summed E-state index contributed by atoms with van der Waals surface area (Å²) in [5, 5.41) is 19.8. The first kappa shape index (κ1) is 13.2. The Bertz CT molecular complexity index is 653. The lowest BCUT2D eigenvalue weighted by molar-refractivity contribution is -0.385. The van der Waals surface area contributed by atoms with Crippen molar-refractivity contribution in [2.45, 2.75) is 6.92 Å². The highest BCUT2D eigenvalue weighted by atomic mass is 79.9. The normalized spacial score (nSPS) is 10.2. The first-order valence-electron chi connectivity index (χ1n) is 5.25. The van der Waals surface area contributed by atoms with Crippen molar-refractivity contribution in [1.29, 1.82) is 0 Å². The lowest BCUT2D eigenvalue weighted by atomic mass is 10.2. The second kappa shape index (κ2) is 5.19. The van der Waals surface area contributed by atoms with Gasteiger partial charge in [0.2, 0.25) is 0 Å². The first-order chi connectivity index (χ1) is 9.00. The predicted octanol–water partition coefficient (Wildman–Crippen LogP) is 2.64. The summed E-state index contributed by atoms with van der Waals surface area (Å²) in [6.07, 6.45) is 1.57. The largest absolute Gasteiger partial charge is 0.307 e. The fraction of sp³-hybridized carbons (Fsp3) is 0.0909. The Kier molecular flexibility index (Phi) is 3.61. The third-order valence-electron chi connectivity index (χ3n) is 2.49. The van der Waals surface area contributed by atoms with Crippen LogP contribution in [0.25, 0.3) is 0 Å². The number of aryl methyl sites for hydroxylation is 1. The van der Waals surface area contributed by atoms with Gasteiger partial charge in [-0.25, -0.2) is 0 Å². The number of H-pyrrole nitrogens is 1. The van der Waals surface area contributed by atoms with Crippen molar-refractivity contribution < 1.29 is 9.72 Å². The van der Waals surface area contributed by atoms with Gasteiger partial charge >= 0.3 is 0 Å². The highest BCUT2D eigenvalue weighted by Crippen LogP contribution is 2.28. The Morgan fingerprint density at radius 2 is 2.26 bits per heavy atom. The molecule has 0 saturated heterocycles. The molecule has 1 amide bonds. The summed E-state index contributed by atoms with van der Waals surface area (Å²) in [4.78, 5) is 22.3. The number of nitrogens with one attached hydrogen (secondary N) is 2. The molecule has 0 aliphatic heterocycles. The summed E-state index contributed by atoms with van der Waals surface area (Å²) in [5.41, 5.74) is 0.798. The van der Waals surface area contributed by atoms with E-state index in [1.54, 1.807) is 13.1 Å². The topological polar surface area (TPSA) is 101 Å². The van der Waals surface area contributed by atoms with E-state index < -0.39 is 10.8 Å². The molecular formula is C11H9BrN4O3. The Balaban J connectivity index is 2.32. The smallest absolute Gasteiger partial charge is 0.284 e. The number of amides is 1. The van der Waals surface area contributed by atoms with Crippen LogP contribution in [0.1, 0.15) is 15.9 Å². The van der Waals surface area contributed by atoms with E-state index in [0.717, 1.165) is 5.56 Å². The molecule has 0 aliphatic rings. The summed E-state index contributed by atoms with van der Waals surface area (Å²) in [7, 11) is 0. The molecule has 0 fully saturated rings. The predicted molar refractivity (Wildman–Crippen MR) is 72.1 cm³/mol. The van der Waals surface area contributed by atoms with Gasteiger partial charge in [-0.05, 0) is 28.9 Å². The van der Waals surface area contributed by atoms with E-state index in [1.807, 2.05) is 0 Å². The van der Waals surface area contributed by atoms with Crippen LogP contribution in [0.15, 0.2) is 28.9 Å². The third-order valence-corrected chi connectivity index (χ3v) is 3.32. The van der Waals surface area contributed by atoms with Crippen molar-refractivity contribution >= 4 is 33.3 Å². The Labute approximate surface area is 116 Å². The minimum atomic E-state index is -0.553. The number of halogens is 1. The van der Waals surface area contributed by atoms with Crippen LogP contribution in [0.5, 0.6) is 0 Å². The monoisotopic (exact) mass is 324 g/mol. The van der Waals surface area contributed by atoms with Gasteiger partial charge in [0.15, 0.2) is 0 Å². The maximum Gasteiger partial charge on any atom is 0.284 e. The number of nitro benzene ring substituents is 1. The molecule has 0 bridgehead atoms. The van der Waals surface area contributed by atoms with Gasteiger partial charge in [-0.15, -0.1) is 0 Å². The van der Waals surface area contributed by atoms with Crippen LogP contribution in [0, 0.1) is 17.0 Å². The summed E-state index contributed by atoms with van der Waals surface area (Å²) in [6.45, 7) is 1.78. The molecule has 2 rings (SSSR count). The Hall–Kier alpha value is -2.22. The zero-order chi connectivity index (χ0) is 14.0. The zero-order valence-electron chi connectivity index (χ0n) is 9.81. The van der Waals surface area contributed by atoms with Gasteiger partial charge in [-0.3, -0.25) is 20.0 Å². The van der Waals surface area contributed by atoms with Crippen LogP contribution in [0.4, 0.5) is 11.5 Å². The molecule has 1 aromatic heterocycles. The highest BCUT2D eigenvalue weighted by molar-refractivity contribution is 9.10. The molecule has 1 aromatic carbocycles. The summed E-state index contributed by atoms with van der Waals surface area (Å²) in [5.74, 6) is 0.00586. The minimum Gasteiger partial charge on any atom is -0.307 e. The number of carbonyl (C=O) groups excluding carboxylic acids is 1. The van der Waals surface area contributed by atoms with E-state index in [2.05, 4.69) is 31.4 Å². The van der Waals surface area contributed by atoms with Gasteiger partial charge in [-0.2, -0.15) is 5.10 Å². The number of aromatic amines is 1. The molecular weight excluding hydrogens is 316 g/mol. The molecule has 0 atom stereocenters. The number of nitrogens with zero attached hydrogens (tertiary/aromatic N) is 2. The lowest BCUT2D eigenvalue weighted by Gasteiger charge is -2.06. The second-order valence-corrected chi connectivity index (χ2v) is 4.57. The maximum atomic E-state index is 12.0. The van der Waals surface area contributed by atoms with Crippen LogP contribution in [0.3, 0.4) is 0 Å². The van der Waals surface area contributed by atoms with Crippen molar-refractivity contribution in [2.24, 2.45) is 0 Å². The lowest BCUT2D eigenvalue weighted by Crippen LogP contribution is -2.14. The molecule has 2 aromatic rings. The minimum absolute atomic E-state index is 0.148. The molecule has 0 aliphatic carbocycles. The fourth-order valence-corrected chi connectivity index (χ4v) is 2.08. The number of benzene rings is 1. The molecule has 0 spiro atoms. The number of carbonyl (C=O) groups is 1. The van der Waals surface area contributed by atoms with E-state index in [4.69, 9.17) is 0 Å². The van der Waals surface area contributed by atoms with Crippen molar-refractivity contribution in [3.63, 3.8) is 0 Å². The molecule has 0 unspecified atom stereocenters. The van der Waals surface area contributed by atoms with Crippen LogP contribution >= 0.6 is 15.9 Å². The van der Waals surface area contributed by atoms with Gasteiger partial charge in [0.25, 0.3) is 11.6 Å². The first-order valence-corrected chi connectivity index (χ1v) is 6.04. The zero-order valence-corrected chi connectivity index (χ0v) is 11.4. The summed E-state index contributed by atoms with van der Waals surface area (Å²) < 4.78 is 0.148. The van der Waals surface area contributed by atoms with Crippen LogP contribution in [0.2, 0.25) is 0 Å². The molecule has 0 radical (unpaired) electrons. The van der Waals surface area contributed by atoms with Crippen molar-refractivity contribution in [1.82, 2.24) is 10.2 Å². The molecule has 8 heteroatoms. The fourth-order valence-electron chi connectivity index (χ4n) is 1.49. The Morgan fingerprint density at radius 1 is 1.53 bits per heavy atom. The average Bonchev–Trinajstić information content (AvgIpc) is 2.74. The highest BCUT2D eigenvalue weighted by Gasteiger charge is 2.20. The van der Waals surface area contributed by atoms with Gasteiger partial charge in [0.05, 0.1) is 16.7 Å². The quantitative estimate of drug-likeness (QED) is 0.669. The molecule has 19 heavy (non-hydrogen) atoms. The van der Waals surface area contributed by atoms with Crippen molar-refractivity contribution in [3.05, 3.63) is 50.1 Å². The number of hydrogen-bond acceptors (Lipinski definition) is 4. The third kappa shape index (κ3) is 2.63. The SMILES string of the molecule is Cc1cn[nH]c1NC(=O)c1cccc([N+](=O)[O-])c1Br. The summed E-state index contributed by atoms with van der Waals surface area (Å²) >= 11 is 3.08. The molecule has 7 nitrogen and oxygen atoms in total. The van der Waals surface area contributed by atoms with Crippen LogP contribution in [-0.2, 0) is 0 Å². The van der Waals surface area contributed by atoms with E-state index in [-0.39, 0.29) is 15.7 Å². The molecule has 1 heterocycles. The number of rotatable bonds is 3. The number of aromatic nitrogens is 2. The standard InChI is InChI=1S/C11H9BrN4O3/c1-6-5-13-15-10(6)14-11(17)7-3-2-4-8(9(7)12)16(18)19/h2-5H,1H3,(H2,13,14,15,17). The maximum absolute atomic E-state index is 12.0. The van der Waals surface area contributed by atoms with E-state index >= 15 is 0 Å². The average molecular weight is 325 g/mol. The van der Waals surface area contributed by atoms with Crippen molar-refractivity contribution in [3.8, 4) is 0 Å². The Morgan fingerprint density at radius 3 is 2.84 bits per heavy atom. The van der Waals surface area contributed by atoms with Crippen LogP contribution in [-0.4, -0.2) is 21.0 Å². The molecule has 98 valence electrons. The summed E-state index contributed by atoms with van der Waals surface area (Å²) in [6, 6.07) is 4.28. The van der Waals surface area contributed by atoms with E-state index in [9.17, 15) is 14.9 Å². The van der Waals surface area contributed by atoms with E-state index in [1.165, 1.54) is 18.2 Å².